The summed E-state index contributed by atoms with van der Waals surface area (Å²) in [4.78, 5) is 18.7. The summed E-state index contributed by atoms with van der Waals surface area (Å²) < 4.78 is 51.0. The third-order valence-electron chi connectivity index (χ3n) is 3.68. The Morgan fingerprint density at radius 2 is 1.80 bits per heavy atom. The number of halogens is 4. The number of aromatic nitrogens is 5. The molecule has 5 nitrogen and oxygen atoms in total. The monoisotopic (exact) mass is 347 g/mol. The smallest absolute Gasteiger partial charge is 0.341 e. The van der Waals surface area contributed by atoms with Crippen molar-refractivity contribution in [3.8, 4) is 0 Å². The maximum absolute atomic E-state index is 13.5. The first kappa shape index (κ1) is 15.4. The van der Waals surface area contributed by atoms with Crippen molar-refractivity contribution in [2.24, 2.45) is 0 Å². The summed E-state index contributed by atoms with van der Waals surface area (Å²) in [5.41, 5.74) is 1.03. The molecule has 0 fully saturated rings. The maximum atomic E-state index is 13.5. The molecule has 9 heteroatoms. The van der Waals surface area contributed by atoms with Crippen molar-refractivity contribution < 1.29 is 17.6 Å². The third-order valence-corrected chi connectivity index (χ3v) is 3.68. The molecule has 126 valence electrons. The van der Waals surface area contributed by atoms with Gasteiger partial charge in [0.1, 0.15) is 17.2 Å². The van der Waals surface area contributed by atoms with Crippen LogP contribution in [0.15, 0.2) is 36.8 Å². The summed E-state index contributed by atoms with van der Waals surface area (Å²) in [6.07, 6.45) is -1.07. The summed E-state index contributed by atoms with van der Waals surface area (Å²) in [5.74, 6) is 0.0779. The Morgan fingerprint density at radius 3 is 2.52 bits per heavy atom. The molecule has 0 aliphatic carbocycles. The van der Waals surface area contributed by atoms with Gasteiger partial charge in [-0.1, -0.05) is 0 Å². The van der Waals surface area contributed by atoms with Gasteiger partial charge < -0.3 is 4.98 Å². The van der Waals surface area contributed by atoms with Crippen LogP contribution in [0.25, 0.3) is 21.9 Å². The molecule has 0 bridgehead atoms. The van der Waals surface area contributed by atoms with Gasteiger partial charge in [-0.15, -0.1) is 0 Å². The fourth-order valence-corrected chi connectivity index (χ4v) is 2.54. The van der Waals surface area contributed by atoms with Crippen LogP contribution in [0.4, 0.5) is 17.6 Å². The van der Waals surface area contributed by atoms with Crippen molar-refractivity contribution in [3.63, 3.8) is 0 Å². The van der Waals surface area contributed by atoms with Gasteiger partial charge in [0.2, 0.25) is 0 Å². The van der Waals surface area contributed by atoms with Crippen molar-refractivity contribution in [1.82, 2.24) is 24.9 Å². The van der Waals surface area contributed by atoms with Gasteiger partial charge in [0.15, 0.2) is 5.69 Å². The van der Waals surface area contributed by atoms with Crippen LogP contribution >= 0.6 is 0 Å². The number of imidazole rings is 1. The van der Waals surface area contributed by atoms with E-state index in [1.807, 2.05) is 0 Å². The number of fused-ring (bicyclic) bond motifs is 3. The van der Waals surface area contributed by atoms with Crippen LogP contribution in [0.3, 0.4) is 0 Å². The number of pyridine rings is 1. The normalized spacial score (nSPS) is 12.2. The van der Waals surface area contributed by atoms with E-state index in [1.54, 1.807) is 12.3 Å². The van der Waals surface area contributed by atoms with E-state index in [2.05, 4.69) is 24.9 Å². The fraction of sp³-hybridized carbons (Fsp3) is 0.125. The van der Waals surface area contributed by atoms with Crippen molar-refractivity contribution in [2.45, 2.75) is 12.6 Å². The highest BCUT2D eigenvalue weighted by molar-refractivity contribution is 6.01. The number of hydrogen-bond acceptors (Lipinski definition) is 4. The molecule has 4 aromatic rings. The Balaban J connectivity index is 1.70. The van der Waals surface area contributed by atoms with Crippen LogP contribution in [0.1, 0.15) is 17.2 Å². The van der Waals surface area contributed by atoms with E-state index in [1.165, 1.54) is 12.1 Å². The first-order valence-corrected chi connectivity index (χ1v) is 7.21. The summed E-state index contributed by atoms with van der Waals surface area (Å²) in [7, 11) is 0. The Hall–Kier alpha value is -3.10. The Bertz CT molecular complexity index is 1070. The summed E-state index contributed by atoms with van der Waals surface area (Å²) in [6.45, 7) is 0. The molecule has 0 atom stereocenters. The first-order valence-electron chi connectivity index (χ1n) is 7.21. The average Bonchev–Trinajstić information content (AvgIpc) is 2.97. The first-order chi connectivity index (χ1) is 11.9. The van der Waals surface area contributed by atoms with E-state index >= 15 is 0 Å². The topological polar surface area (TPSA) is 67.3 Å². The molecule has 0 saturated heterocycles. The molecular formula is C16H9F4N5. The van der Waals surface area contributed by atoms with Gasteiger partial charge in [-0.25, -0.2) is 14.4 Å². The Labute approximate surface area is 137 Å². The highest BCUT2D eigenvalue weighted by Crippen LogP contribution is 2.27. The standard InChI is InChI=1S/C16H9F4N5/c17-8-1-2-11-10(3-8)15-12(6-22-11)24-14(25-15)4-9-5-23-13(7-21-9)16(18,19)20/h1-3,5-7H,4H2,(H,24,25). The number of aromatic amines is 1. The molecule has 0 radical (unpaired) electrons. The second-order valence-corrected chi connectivity index (χ2v) is 5.43. The maximum Gasteiger partial charge on any atom is 0.434 e. The van der Waals surface area contributed by atoms with E-state index < -0.39 is 17.7 Å². The molecule has 0 amide bonds. The Morgan fingerprint density at radius 1 is 0.960 bits per heavy atom. The number of benzene rings is 1. The SMILES string of the molecule is Fc1ccc2ncc3nc(Cc4cnc(C(F)(F)F)cn4)[nH]c3c2c1. The zero-order valence-electron chi connectivity index (χ0n) is 12.5. The lowest BCUT2D eigenvalue weighted by Gasteiger charge is -2.04. The Kier molecular flexibility index (Phi) is 3.38. The number of alkyl halides is 3. The molecule has 0 unspecified atom stereocenters. The van der Waals surface area contributed by atoms with Gasteiger partial charge in [-0.3, -0.25) is 9.97 Å². The lowest BCUT2D eigenvalue weighted by molar-refractivity contribution is -0.141. The van der Waals surface area contributed by atoms with Gasteiger partial charge in [0.05, 0.1) is 29.1 Å². The minimum Gasteiger partial charge on any atom is -0.341 e. The van der Waals surface area contributed by atoms with Crippen LogP contribution in [0, 0.1) is 5.82 Å². The van der Waals surface area contributed by atoms with E-state index in [0.29, 0.717) is 39.7 Å². The number of hydrogen-bond donors (Lipinski definition) is 1. The van der Waals surface area contributed by atoms with Gasteiger partial charge in [-0.05, 0) is 18.2 Å². The van der Waals surface area contributed by atoms with Crippen molar-refractivity contribution in [3.05, 3.63) is 59.8 Å². The molecule has 3 aromatic heterocycles. The van der Waals surface area contributed by atoms with Crippen LogP contribution in [0.2, 0.25) is 0 Å². The predicted octanol–water partition coefficient (Wildman–Crippen LogP) is 3.65. The van der Waals surface area contributed by atoms with Crippen LogP contribution < -0.4 is 0 Å². The zero-order chi connectivity index (χ0) is 17.6. The highest BCUT2D eigenvalue weighted by atomic mass is 19.4. The van der Waals surface area contributed by atoms with E-state index in [4.69, 9.17) is 0 Å². The van der Waals surface area contributed by atoms with E-state index in [9.17, 15) is 17.6 Å². The molecule has 0 spiro atoms. The van der Waals surface area contributed by atoms with Crippen molar-refractivity contribution in [1.29, 1.82) is 0 Å². The van der Waals surface area contributed by atoms with Crippen molar-refractivity contribution in [2.75, 3.05) is 0 Å². The molecule has 0 aliphatic heterocycles. The molecule has 4 rings (SSSR count). The average molecular weight is 347 g/mol. The molecule has 1 N–H and O–H groups in total. The fourth-order valence-electron chi connectivity index (χ4n) is 2.54. The van der Waals surface area contributed by atoms with Crippen molar-refractivity contribution >= 4 is 21.9 Å². The lowest BCUT2D eigenvalue weighted by atomic mass is 10.2. The minimum atomic E-state index is -4.53. The number of nitrogens with zero attached hydrogens (tertiary/aromatic N) is 4. The zero-order valence-corrected chi connectivity index (χ0v) is 12.5. The second-order valence-electron chi connectivity index (χ2n) is 5.43. The second kappa shape index (κ2) is 5.47. The van der Waals surface area contributed by atoms with Gasteiger partial charge in [0, 0.05) is 18.0 Å². The quantitative estimate of drug-likeness (QED) is 0.562. The summed E-state index contributed by atoms with van der Waals surface area (Å²) in [5, 5.41) is 0.578. The number of nitrogens with one attached hydrogen (secondary N) is 1. The predicted molar refractivity (Wildman–Crippen MR) is 81.2 cm³/mol. The van der Waals surface area contributed by atoms with Gasteiger partial charge in [0.25, 0.3) is 0 Å². The molecule has 0 saturated carbocycles. The highest BCUT2D eigenvalue weighted by Gasteiger charge is 2.32. The van der Waals surface area contributed by atoms with Crippen LogP contribution in [-0.4, -0.2) is 24.9 Å². The van der Waals surface area contributed by atoms with Crippen LogP contribution in [-0.2, 0) is 12.6 Å². The molecule has 0 aliphatic rings. The summed E-state index contributed by atoms with van der Waals surface area (Å²) in [6, 6.07) is 4.23. The molecular weight excluding hydrogens is 338 g/mol. The van der Waals surface area contributed by atoms with E-state index in [-0.39, 0.29) is 6.42 Å². The lowest BCUT2D eigenvalue weighted by Crippen LogP contribution is -2.09. The number of rotatable bonds is 2. The van der Waals surface area contributed by atoms with Gasteiger partial charge in [-0.2, -0.15) is 13.2 Å². The van der Waals surface area contributed by atoms with Crippen LogP contribution in [0.5, 0.6) is 0 Å². The summed E-state index contributed by atoms with van der Waals surface area (Å²) >= 11 is 0. The number of H-pyrrole nitrogens is 1. The molecule has 1 aromatic carbocycles. The van der Waals surface area contributed by atoms with Gasteiger partial charge >= 0.3 is 6.18 Å². The largest absolute Gasteiger partial charge is 0.434 e. The third kappa shape index (κ3) is 2.88. The molecule has 25 heavy (non-hydrogen) atoms. The van der Waals surface area contributed by atoms with E-state index in [0.717, 1.165) is 6.20 Å². The minimum absolute atomic E-state index is 0.163. The molecule has 3 heterocycles.